The number of oxazole rings is 1. The zero-order valence-corrected chi connectivity index (χ0v) is 15.6. The fourth-order valence-electron chi connectivity index (χ4n) is 3.64. The monoisotopic (exact) mass is 381 g/mol. The van der Waals surface area contributed by atoms with Crippen molar-refractivity contribution in [1.29, 1.82) is 0 Å². The van der Waals surface area contributed by atoms with Crippen LogP contribution in [0, 0.1) is 0 Å². The average molecular weight is 382 g/mol. The summed E-state index contributed by atoms with van der Waals surface area (Å²) in [7, 11) is 0. The van der Waals surface area contributed by atoms with E-state index in [-0.39, 0.29) is 0 Å². The third-order valence-corrected chi connectivity index (χ3v) is 5.22. The number of hydrogen-bond acceptors (Lipinski definition) is 5. The van der Waals surface area contributed by atoms with E-state index < -0.39 is 0 Å². The molecule has 6 nitrogen and oxygen atoms in total. The number of imidazole rings is 1. The summed E-state index contributed by atoms with van der Waals surface area (Å²) in [5.74, 6) is 0. The van der Waals surface area contributed by atoms with Gasteiger partial charge in [-0.1, -0.05) is 23.7 Å². The molecule has 7 heteroatoms. The summed E-state index contributed by atoms with van der Waals surface area (Å²) in [6, 6.07) is 12.5. The van der Waals surface area contributed by atoms with Gasteiger partial charge in [0.05, 0.1) is 10.7 Å². The Labute approximate surface area is 162 Å². The van der Waals surface area contributed by atoms with Gasteiger partial charge >= 0.3 is 0 Å². The summed E-state index contributed by atoms with van der Waals surface area (Å²) in [5, 5.41) is 0.718. The zero-order valence-electron chi connectivity index (χ0n) is 14.9. The predicted molar refractivity (Wildman–Crippen MR) is 106 cm³/mol. The molecule has 0 unspecified atom stereocenters. The molecule has 0 bridgehead atoms. The Balaban J connectivity index is 1.28. The highest BCUT2D eigenvalue weighted by atomic mass is 35.5. The minimum atomic E-state index is 0.718. The Bertz CT molecular complexity index is 1060. The van der Waals surface area contributed by atoms with E-state index in [1.54, 1.807) is 0 Å². The van der Waals surface area contributed by atoms with Gasteiger partial charge in [-0.25, -0.2) is 4.98 Å². The minimum Gasteiger partial charge on any atom is -0.423 e. The summed E-state index contributed by atoms with van der Waals surface area (Å²) in [6.45, 7) is 4.66. The van der Waals surface area contributed by atoms with Crippen molar-refractivity contribution in [3.63, 3.8) is 0 Å². The standard InChI is InChI=1S/C20H20ClN5O/c21-15-6-7-19-22-16(14-26(19)12-15)13-24-8-3-9-25(11-10-24)20-23-17-4-1-2-5-18(17)27-20/h1-2,4-7,12,14H,3,8-11,13H2. The van der Waals surface area contributed by atoms with Crippen molar-refractivity contribution in [3.8, 4) is 0 Å². The molecular formula is C20H20ClN5O. The number of hydrogen-bond donors (Lipinski definition) is 0. The van der Waals surface area contributed by atoms with E-state index in [1.165, 1.54) is 0 Å². The summed E-state index contributed by atoms with van der Waals surface area (Å²) in [4.78, 5) is 14.0. The number of anilines is 1. The van der Waals surface area contributed by atoms with Crippen molar-refractivity contribution in [1.82, 2.24) is 19.3 Å². The summed E-state index contributed by atoms with van der Waals surface area (Å²) in [5.41, 5.74) is 3.75. The van der Waals surface area contributed by atoms with Crippen LogP contribution in [0.3, 0.4) is 0 Å². The molecule has 5 rings (SSSR count). The molecule has 4 heterocycles. The van der Waals surface area contributed by atoms with E-state index in [1.807, 2.05) is 47.0 Å². The molecule has 0 spiro atoms. The summed E-state index contributed by atoms with van der Waals surface area (Å²) >= 11 is 6.07. The fraction of sp³-hybridized carbons (Fsp3) is 0.300. The predicted octanol–water partition coefficient (Wildman–Crippen LogP) is 3.84. The zero-order chi connectivity index (χ0) is 18.2. The van der Waals surface area contributed by atoms with Crippen LogP contribution in [0.15, 0.2) is 53.2 Å². The van der Waals surface area contributed by atoms with Crippen LogP contribution in [-0.2, 0) is 6.54 Å². The van der Waals surface area contributed by atoms with Gasteiger partial charge in [0.2, 0.25) is 0 Å². The molecule has 0 saturated carbocycles. The summed E-state index contributed by atoms with van der Waals surface area (Å²) in [6.07, 6.45) is 5.02. The number of rotatable bonds is 3. The van der Waals surface area contributed by atoms with Gasteiger partial charge in [0.15, 0.2) is 5.58 Å². The normalized spacial score (nSPS) is 16.3. The lowest BCUT2D eigenvalue weighted by atomic mass is 10.3. The van der Waals surface area contributed by atoms with E-state index in [4.69, 9.17) is 21.0 Å². The molecule has 0 atom stereocenters. The third kappa shape index (κ3) is 3.38. The first-order valence-corrected chi connectivity index (χ1v) is 9.58. The van der Waals surface area contributed by atoms with Crippen molar-refractivity contribution in [2.24, 2.45) is 0 Å². The van der Waals surface area contributed by atoms with Crippen molar-refractivity contribution in [2.75, 3.05) is 31.1 Å². The number of pyridine rings is 1. The van der Waals surface area contributed by atoms with Crippen LogP contribution >= 0.6 is 11.6 Å². The molecule has 1 aliphatic rings. The smallest absolute Gasteiger partial charge is 0.298 e. The van der Waals surface area contributed by atoms with Crippen molar-refractivity contribution >= 4 is 34.4 Å². The van der Waals surface area contributed by atoms with Crippen molar-refractivity contribution < 1.29 is 4.42 Å². The van der Waals surface area contributed by atoms with Crippen LogP contribution in [0.5, 0.6) is 0 Å². The Kier molecular flexibility index (Phi) is 4.22. The first-order chi connectivity index (χ1) is 13.2. The first-order valence-electron chi connectivity index (χ1n) is 9.21. The molecule has 1 saturated heterocycles. The third-order valence-electron chi connectivity index (χ3n) is 4.99. The molecular weight excluding hydrogens is 362 g/mol. The van der Waals surface area contributed by atoms with Crippen LogP contribution < -0.4 is 4.90 Å². The molecule has 0 aliphatic carbocycles. The van der Waals surface area contributed by atoms with Crippen LogP contribution in [0.25, 0.3) is 16.7 Å². The topological polar surface area (TPSA) is 49.8 Å². The summed E-state index contributed by atoms with van der Waals surface area (Å²) < 4.78 is 7.92. The van der Waals surface area contributed by atoms with Crippen LogP contribution in [0.2, 0.25) is 5.02 Å². The number of nitrogens with zero attached hydrogens (tertiary/aromatic N) is 5. The average Bonchev–Trinajstić information content (AvgIpc) is 3.19. The van der Waals surface area contributed by atoms with E-state index in [9.17, 15) is 0 Å². The Morgan fingerprint density at radius 3 is 2.81 bits per heavy atom. The van der Waals surface area contributed by atoms with Gasteiger partial charge in [-0.15, -0.1) is 0 Å². The van der Waals surface area contributed by atoms with E-state index in [0.29, 0.717) is 0 Å². The minimum absolute atomic E-state index is 0.718. The number of benzene rings is 1. The highest BCUT2D eigenvalue weighted by molar-refractivity contribution is 6.30. The number of halogens is 1. The van der Waals surface area contributed by atoms with E-state index >= 15 is 0 Å². The molecule has 3 aromatic heterocycles. The molecule has 4 aromatic rings. The molecule has 0 amide bonds. The highest BCUT2D eigenvalue weighted by Gasteiger charge is 2.20. The SMILES string of the molecule is Clc1ccc2nc(CN3CCCN(c4nc5ccccc5o4)CC3)cn2c1. The van der Waals surface area contributed by atoms with E-state index in [0.717, 1.165) is 72.6 Å². The quantitative estimate of drug-likeness (QED) is 0.539. The van der Waals surface area contributed by atoms with Crippen molar-refractivity contribution in [2.45, 2.75) is 13.0 Å². The van der Waals surface area contributed by atoms with Crippen LogP contribution in [0.1, 0.15) is 12.1 Å². The largest absolute Gasteiger partial charge is 0.423 e. The molecule has 0 N–H and O–H groups in total. The molecule has 1 aromatic carbocycles. The van der Waals surface area contributed by atoms with Gasteiger partial charge in [-0.2, -0.15) is 4.98 Å². The molecule has 0 radical (unpaired) electrons. The molecule has 1 aliphatic heterocycles. The van der Waals surface area contributed by atoms with Crippen LogP contribution in [-0.4, -0.2) is 45.4 Å². The second-order valence-electron chi connectivity index (χ2n) is 6.93. The lowest BCUT2D eigenvalue weighted by Gasteiger charge is -2.19. The molecule has 1 fully saturated rings. The van der Waals surface area contributed by atoms with Gasteiger partial charge < -0.3 is 13.7 Å². The van der Waals surface area contributed by atoms with Gasteiger partial charge in [0.25, 0.3) is 6.01 Å². The van der Waals surface area contributed by atoms with Gasteiger partial charge in [-0.3, -0.25) is 4.90 Å². The maximum absolute atomic E-state index is 6.07. The fourth-order valence-corrected chi connectivity index (χ4v) is 3.81. The molecule has 27 heavy (non-hydrogen) atoms. The number of aromatic nitrogens is 3. The second-order valence-corrected chi connectivity index (χ2v) is 7.36. The highest BCUT2D eigenvalue weighted by Crippen LogP contribution is 2.23. The Morgan fingerprint density at radius 1 is 0.963 bits per heavy atom. The Morgan fingerprint density at radius 2 is 1.89 bits per heavy atom. The lowest BCUT2D eigenvalue weighted by Crippen LogP contribution is -2.30. The van der Waals surface area contributed by atoms with Gasteiger partial charge in [0.1, 0.15) is 11.2 Å². The maximum atomic E-state index is 6.07. The van der Waals surface area contributed by atoms with Crippen LogP contribution in [0.4, 0.5) is 6.01 Å². The van der Waals surface area contributed by atoms with Gasteiger partial charge in [0, 0.05) is 45.1 Å². The number of para-hydroxylation sites is 2. The first kappa shape index (κ1) is 16.6. The lowest BCUT2D eigenvalue weighted by molar-refractivity contribution is 0.282. The van der Waals surface area contributed by atoms with Crippen molar-refractivity contribution in [3.05, 3.63) is 59.5 Å². The second kappa shape index (κ2) is 6.87. The molecule has 138 valence electrons. The van der Waals surface area contributed by atoms with E-state index in [2.05, 4.69) is 21.0 Å². The maximum Gasteiger partial charge on any atom is 0.298 e. The Hall–Kier alpha value is -2.57. The number of fused-ring (bicyclic) bond motifs is 2. The van der Waals surface area contributed by atoms with Gasteiger partial charge in [-0.05, 0) is 30.7 Å².